The Morgan fingerprint density at radius 3 is 2.56 bits per heavy atom. The van der Waals surface area contributed by atoms with Gasteiger partial charge in [-0.15, -0.1) is 0 Å². The number of nitrogens with one attached hydrogen (secondary N) is 2. The summed E-state index contributed by atoms with van der Waals surface area (Å²) in [6.45, 7) is 9.08. The molecule has 1 aromatic carbocycles. The molecule has 4 rings (SSSR count). The number of nitrogens with zero attached hydrogens (tertiary/aromatic N) is 4. The number of piperidine rings is 1. The molecule has 2 fully saturated rings. The third-order valence-electron chi connectivity index (χ3n) is 6.21. The van der Waals surface area contributed by atoms with E-state index < -0.39 is 17.2 Å². The van der Waals surface area contributed by atoms with E-state index in [4.69, 9.17) is 4.74 Å². The number of rotatable bonds is 5. The average molecular weight is 465 g/mol. The number of nitriles is 1. The van der Waals surface area contributed by atoms with Crippen molar-refractivity contribution >= 4 is 28.7 Å². The van der Waals surface area contributed by atoms with Gasteiger partial charge in [0.15, 0.2) is 0 Å². The number of ether oxygens (including phenoxy) is 1. The predicted molar refractivity (Wildman–Crippen MR) is 128 cm³/mol. The smallest absolute Gasteiger partial charge is 0.408 e. The Balaban J connectivity index is 1.42. The first-order valence-corrected chi connectivity index (χ1v) is 11.8. The average Bonchev–Trinajstić information content (AvgIpc) is 3.49. The number of fused-ring (bicyclic) bond motifs is 1. The summed E-state index contributed by atoms with van der Waals surface area (Å²) in [7, 11) is 0. The van der Waals surface area contributed by atoms with Crippen LogP contribution in [0.3, 0.4) is 0 Å². The van der Waals surface area contributed by atoms with Crippen LogP contribution >= 0.6 is 0 Å². The molecule has 9 heteroatoms. The number of hydrogen-bond acceptors (Lipinski definition) is 7. The number of anilines is 1. The second-order valence-electron chi connectivity index (χ2n) is 10.6. The first-order chi connectivity index (χ1) is 16.1. The number of carbonyl (C=O) groups excluding carboxylic acids is 2. The second-order valence-corrected chi connectivity index (χ2v) is 10.6. The summed E-state index contributed by atoms with van der Waals surface area (Å²) < 4.78 is 5.35. The standard InChI is InChI=1S/C25H32N6O3/c1-16-11-18(29-20(32)12-25(7-8-25)30-23(33)34-24(2,3)4)15-31(14-16)19-6-5-17(13-26)21-22(19)28-10-9-27-21/h5-6,9-10,16,18H,7-8,11-12,14-15H2,1-4H3,(H,29,32)(H,30,33). The normalized spacial score (nSPS) is 21.4. The van der Waals surface area contributed by atoms with Crippen LogP contribution in [0.4, 0.5) is 10.5 Å². The summed E-state index contributed by atoms with van der Waals surface area (Å²) in [4.78, 5) is 36.1. The Hall–Kier alpha value is -3.41. The predicted octanol–water partition coefficient (Wildman–Crippen LogP) is 3.28. The van der Waals surface area contributed by atoms with Gasteiger partial charge in [0.2, 0.25) is 5.91 Å². The van der Waals surface area contributed by atoms with Crippen LogP contribution in [0, 0.1) is 17.2 Å². The Morgan fingerprint density at radius 2 is 1.91 bits per heavy atom. The highest BCUT2D eigenvalue weighted by atomic mass is 16.6. The van der Waals surface area contributed by atoms with E-state index in [-0.39, 0.29) is 18.4 Å². The molecule has 1 saturated heterocycles. The molecule has 2 N–H and O–H groups in total. The van der Waals surface area contributed by atoms with Crippen LogP contribution in [-0.2, 0) is 9.53 Å². The van der Waals surface area contributed by atoms with Gasteiger partial charge in [-0.25, -0.2) is 4.79 Å². The molecule has 0 bridgehead atoms. The third kappa shape index (κ3) is 5.56. The maximum absolute atomic E-state index is 12.9. The molecule has 2 aromatic rings. The zero-order chi connectivity index (χ0) is 24.5. The van der Waals surface area contributed by atoms with E-state index in [1.54, 1.807) is 18.5 Å². The molecule has 180 valence electrons. The summed E-state index contributed by atoms with van der Waals surface area (Å²) in [5.74, 6) is 0.285. The molecular formula is C25H32N6O3. The summed E-state index contributed by atoms with van der Waals surface area (Å²) in [6, 6.07) is 5.84. The Morgan fingerprint density at radius 1 is 1.21 bits per heavy atom. The van der Waals surface area contributed by atoms with Crippen LogP contribution < -0.4 is 15.5 Å². The molecule has 2 heterocycles. The first-order valence-electron chi connectivity index (χ1n) is 11.8. The van der Waals surface area contributed by atoms with Crippen LogP contribution in [0.15, 0.2) is 24.5 Å². The summed E-state index contributed by atoms with van der Waals surface area (Å²) in [6.07, 6.45) is 5.38. The van der Waals surface area contributed by atoms with Gasteiger partial charge < -0.3 is 20.3 Å². The van der Waals surface area contributed by atoms with Crippen LogP contribution in [0.25, 0.3) is 11.0 Å². The quantitative estimate of drug-likeness (QED) is 0.697. The molecule has 1 aromatic heterocycles. The van der Waals surface area contributed by atoms with Gasteiger partial charge in [-0.05, 0) is 58.1 Å². The van der Waals surface area contributed by atoms with Crippen LogP contribution in [0.2, 0.25) is 0 Å². The molecule has 2 aliphatic rings. The van der Waals surface area contributed by atoms with Crippen molar-refractivity contribution in [2.75, 3.05) is 18.0 Å². The molecule has 1 aliphatic heterocycles. The van der Waals surface area contributed by atoms with Crippen molar-refractivity contribution < 1.29 is 14.3 Å². The van der Waals surface area contributed by atoms with Gasteiger partial charge in [0.1, 0.15) is 22.7 Å². The lowest BCUT2D eigenvalue weighted by atomic mass is 9.94. The van der Waals surface area contributed by atoms with E-state index in [9.17, 15) is 14.9 Å². The fourth-order valence-electron chi connectivity index (χ4n) is 4.64. The number of aromatic nitrogens is 2. The Kier molecular flexibility index (Phi) is 6.34. The van der Waals surface area contributed by atoms with Crippen molar-refractivity contribution in [1.82, 2.24) is 20.6 Å². The van der Waals surface area contributed by atoms with Gasteiger partial charge >= 0.3 is 6.09 Å². The van der Waals surface area contributed by atoms with Gasteiger partial charge in [-0.1, -0.05) is 6.92 Å². The lowest BCUT2D eigenvalue weighted by Gasteiger charge is -2.38. The number of carbonyl (C=O) groups is 2. The van der Waals surface area contributed by atoms with Crippen molar-refractivity contribution in [1.29, 1.82) is 5.26 Å². The minimum absolute atomic E-state index is 0.0315. The van der Waals surface area contributed by atoms with Crippen molar-refractivity contribution in [3.05, 3.63) is 30.1 Å². The van der Waals surface area contributed by atoms with Crippen LogP contribution in [0.5, 0.6) is 0 Å². The number of benzene rings is 1. The number of alkyl carbamates (subject to hydrolysis) is 1. The maximum Gasteiger partial charge on any atom is 0.408 e. The minimum atomic E-state index is -0.579. The molecule has 0 spiro atoms. The van der Waals surface area contributed by atoms with E-state index in [1.807, 2.05) is 26.8 Å². The van der Waals surface area contributed by atoms with Crippen molar-refractivity contribution in [3.63, 3.8) is 0 Å². The zero-order valence-electron chi connectivity index (χ0n) is 20.2. The summed E-state index contributed by atoms with van der Waals surface area (Å²) in [5, 5.41) is 15.5. The molecule has 0 radical (unpaired) electrons. The molecule has 34 heavy (non-hydrogen) atoms. The first kappa shape index (κ1) is 23.7. The molecule has 2 unspecified atom stereocenters. The molecule has 9 nitrogen and oxygen atoms in total. The lowest BCUT2D eigenvalue weighted by molar-refractivity contribution is -0.122. The lowest BCUT2D eigenvalue weighted by Crippen LogP contribution is -2.52. The molecular weight excluding hydrogens is 432 g/mol. The highest BCUT2D eigenvalue weighted by Crippen LogP contribution is 2.39. The third-order valence-corrected chi connectivity index (χ3v) is 6.21. The summed E-state index contributed by atoms with van der Waals surface area (Å²) in [5.41, 5.74) is 1.60. The van der Waals surface area contributed by atoms with Gasteiger partial charge in [0.05, 0.1) is 16.8 Å². The van der Waals surface area contributed by atoms with E-state index in [2.05, 4.69) is 38.5 Å². The van der Waals surface area contributed by atoms with Crippen molar-refractivity contribution in [2.24, 2.45) is 5.92 Å². The Labute approximate surface area is 199 Å². The van der Waals surface area contributed by atoms with E-state index in [1.165, 1.54) is 0 Å². The Bertz CT molecular complexity index is 1130. The van der Waals surface area contributed by atoms with Crippen molar-refractivity contribution in [2.45, 2.75) is 70.6 Å². The topological polar surface area (TPSA) is 120 Å². The molecule has 1 aliphatic carbocycles. The monoisotopic (exact) mass is 464 g/mol. The maximum atomic E-state index is 12.9. The van der Waals surface area contributed by atoms with E-state index >= 15 is 0 Å². The zero-order valence-corrected chi connectivity index (χ0v) is 20.2. The largest absolute Gasteiger partial charge is 0.444 e. The fraction of sp³-hybridized carbons (Fsp3) is 0.560. The fourth-order valence-corrected chi connectivity index (χ4v) is 4.64. The molecule has 1 saturated carbocycles. The highest BCUT2D eigenvalue weighted by Gasteiger charge is 2.47. The molecule has 2 atom stereocenters. The van der Waals surface area contributed by atoms with Gasteiger partial charge in [0.25, 0.3) is 0 Å². The number of hydrogen-bond donors (Lipinski definition) is 2. The van der Waals surface area contributed by atoms with Gasteiger partial charge in [-0.3, -0.25) is 14.8 Å². The highest BCUT2D eigenvalue weighted by molar-refractivity contribution is 5.92. The summed E-state index contributed by atoms with van der Waals surface area (Å²) >= 11 is 0. The molecule has 2 amide bonds. The van der Waals surface area contributed by atoms with E-state index in [0.717, 1.165) is 31.5 Å². The van der Waals surface area contributed by atoms with Crippen LogP contribution in [-0.4, -0.2) is 52.2 Å². The second kappa shape index (κ2) is 9.09. The van der Waals surface area contributed by atoms with Crippen LogP contribution in [0.1, 0.15) is 58.9 Å². The van der Waals surface area contributed by atoms with Gasteiger partial charge in [0, 0.05) is 37.9 Å². The number of amides is 2. The van der Waals surface area contributed by atoms with Crippen molar-refractivity contribution in [3.8, 4) is 6.07 Å². The minimum Gasteiger partial charge on any atom is -0.444 e. The van der Waals surface area contributed by atoms with E-state index in [0.29, 0.717) is 29.1 Å². The SMILES string of the molecule is CC1CC(NC(=O)CC2(NC(=O)OC(C)(C)C)CC2)CN(c2ccc(C#N)c3nccnc23)C1. The van der Waals surface area contributed by atoms with Gasteiger partial charge in [-0.2, -0.15) is 5.26 Å².